The summed E-state index contributed by atoms with van der Waals surface area (Å²) in [6.45, 7) is 4.81. The molecule has 0 amide bonds. The topological polar surface area (TPSA) is 57.2 Å². The van der Waals surface area contributed by atoms with Gasteiger partial charge in [0.25, 0.3) is 0 Å². The van der Waals surface area contributed by atoms with Gasteiger partial charge >= 0.3 is 0 Å². The van der Waals surface area contributed by atoms with E-state index in [1.165, 1.54) is 15.0 Å². The molecule has 6 heteroatoms. The summed E-state index contributed by atoms with van der Waals surface area (Å²) in [5, 5.41) is 14.0. The summed E-state index contributed by atoms with van der Waals surface area (Å²) in [6, 6.07) is 34.9. The van der Waals surface area contributed by atoms with Gasteiger partial charge in [-0.25, -0.2) is 0 Å². The van der Waals surface area contributed by atoms with Crippen molar-refractivity contribution in [2.24, 2.45) is 0 Å². The van der Waals surface area contributed by atoms with Crippen molar-refractivity contribution >= 4 is 21.4 Å². The summed E-state index contributed by atoms with van der Waals surface area (Å²) in [4.78, 5) is 1.23. The van der Waals surface area contributed by atoms with Crippen LogP contribution in [0.15, 0.2) is 103 Å². The van der Waals surface area contributed by atoms with Gasteiger partial charge in [-0.05, 0) is 65.3 Å². The predicted octanol–water partition coefficient (Wildman–Crippen LogP) is 8.32. The summed E-state index contributed by atoms with van der Waals surface area (Å²) in [5.41, 5.74) is 4.63. The zero-order valence-corrected chi connectivity index (χ0v) is 26.4. The number of hydrogen-bond acceptors (Lipinski definition) is 6. The van der Waals surface area contributed by atoms with Gasteiger partial charge in [0.2, 0.25) is 5.79 Å². The van der Waals surface area contributed by atoms with Crippen molar-refractivity contribution in [3.63, 3.8) is 0 Å². The zero-order valence-electron chi connectivity index (χ0n) is 25.6. The van der Waals surface area contributed by atoms with Crippen molar-refractivity contribution in [3.05, 3.63) is 136 Å². The minimum absolute atomic E-state index is 0.204. The standard InChI is InChI=1S/C38H40O5S/c1-4-31-23-35(41-24-27-13-7-5-8-14-27)37(42-25-28-15-9-6-10-16-28)38(39,43-31)33-22-30(34(40-3)19-26(33)2)21-32-20-29-17-11-12-18-36(29)44-32/h5-20,22,31,35,37,39H,4,21,23-25H2,1-3H3/t31-,35+,37-,38?/m1/s1. The molecule has 0 saturated carbocycles. The van der Waals surface area contributed by atoms with Crippen LogP contribution in [-0.4, -0.2) is 30.5 Å². The van der Waals surface area contributed by atoms with Crippen molar-refractivity contribution < 1.29 is 24.1 Å². The lowest BCUT2D eigenvalue weighted by Crippen LogP contribution is -2.57. The first-order valence-electron chi connectivity index (χ1n) is 15.3. The molecule has 5 nitrogen and oxygen atoms in total. The number of hydrogen-bond donors (Lipinski definition) is 1. The SMILES string of the molecule is CC[C@@H]1C[C@H](OCc2ccccc2)[C@@H](OCc2ccccc2)C(O)(c2cc(Cc3cc4ccccc4s3)c(OC)cc2C)O1. The average molecular weight is 609 g/mol. The second-order valence-corrected chi connectivity index (χ2v) is 12.7. The Hall–Kier alpha value is -3.52. The molecule has 228 valence electrons. The molecule has 1 saturated heterocycles. The zero-order chi connectivity index (χ0) is 30.5. The molecular formula is C38H40O5S. The number of thiophene rings is 1. The van der Waals surface area contributed by atoms with E-state index in [2.05, 4.69) is 49.4 Å². The summed E-state index contributed by atoms with van der Waals surface area (Å²) >= 11 is 1.78. The molecule has 2 heterocycles. The summed E-state index contributed by atoms with van der Waals surface area (Å²) in [5.74, 6) is -0.950. The third-order valence-corrected chi connectivity index (χ3v) is 9.57. The second kappa shape index (κ2) is 13.6. The van der Waals surface area contributed by atoms with Crippen molar-refractivity contribution in [2.75, 3.05) is 7.11 Å². The van der Waals surface area contributed by atoms with Gasteiger partial charge in [0.05, 0.1) is 32.5 Å². The van der Waals surface area contributed by atoms with E-state index in [4.69, 9.17) is 18.9 Å². The van der Waals surface area contributed by atoms with Crippen LogP contribution in [-0.2, 0) is 39.6 Å². The van der Waals surface area contributed by atoms with Gasteiger partial charge in [-0.1, -0.05) is 85.8 Å². The Morgan fingerprint density at radius 1 is 0.864 bits per heavy atom. The fraction of sp³-hybridized carbons (Fsp3) is 0.316. The molecule has 1 N–H and O–H groups in total. The maximum absolute atomic E-state index is 12.7. The number of ether oxygens (including phenoxy) is 4. The lowest BCUT2D eigenvalue weighted by molar-refractivity contribution is -0.347. The van der Waals surface area contributed by atoms with E-state index in [1.807, 2.05) is 67.6 Å². The highest BCUT2D eigenvalue weighted by atomic mass is 32.1. The molecule has 6 rings (SSSR count). The third-order valence-electron chi connectivity index (χ3n) is 8.45. The third kappa shape index (κ3) is 6.60. The Labute approximate surface area is 264 Å². The molecule has 1 aliphatic heterocycles. The van der Waals surface area contributed by atoms with Crippen LogP contribution < -0.4 is 4.74 Å². The fourth-order valence-electron chi connectivity index (χ4n) is 6.14. The van der Waals surface area contributed by atoms with E-state index in [9.17, 15) is 5.11 Å². The lowest BCUT2D eigenvalue weighted by Gasteiger charge is -2.47. The van der Waals surface area contributed by atoms with Crippen LogP contribution in [0, 0.1) is 6.92 Å². The molecule has 44 heavy (non-hydrogen) atoms. The van der Waals surface area contributed by atoms with Crippen LogP contribution in [0.4, 0.5) is 0 Å². The first-order valence-corrected chi connectivity index (χ1v) is 16.1. The average Bonchev–Trinajstić information content (AvgIpc) is 3.47. The first-order chi connectivity index (χ1) is 21.5. The summed E-state index contributed by atoms with van der Waals surface area (Å²) < 4.78 is 26.9. The summed E-state index contributed by atoms with van der Waals surface area (Å²) in [7, 11) is 1.70. The normalized spacial score (nSPS) is 21.9. The molecule has 4 aromatic carbocycles. The Kier molecular flexibility index (Phi) is 9.45. The van der Waals surface area contributed by atoms with Crippen LogP contribution in [0.3, 0.4) is 0 Å². The molecule has 0 spiro atoms. The molecule has 1 aliphatic rings. The number of benzene rings is 4. The van der Waals surface area contributed by atoms with E-state index in [-0.39, 0.29) is 6.10 Å². The van der Waals surface area contributed by atoms with Gasteiger partial charge in [-0.2, -0.15) is 0 Å². The molecule has 0 bridgehead atoms. The Bertz CT molecular complexity index is 1630. The highest BCUT2D eigenvalue weighted by Crippen LogP contribution is 2.44. The highest BCUT2D eigenvalue weighted by molar-refractivity contribution is 7.19. The van der Waals surface area contributed by atoms with Gasteiger partial charge in [0.1, 0.15) is 11.9 Å². The first kappa shape index (κ1) is 30.5. The van der Waals surface area contributed by atoms with Gasteiger partial charge in [0.15, 0.2) is 0 Å². The van der Waals surface area contributed by atoms with Gasteiger partial charge in [-0.3, -0.25) is 0 Å². The van der Waals surface area contributed by atoms with E-state index in [0.29, 0.717) is 31.6 Å². The smallest absolute Gasteiger partial charge is 0.222 e. The molecular weight excluding hydrogens is 568 g/mol. The molecule has 5 aromatic rings. The molecule has 1 fully saturated rings. The monoisotopic (exact) mass is 608 g/mol. The van der Waals surface area contributed by atoms with Crippen molar-refractivity contribution in [1.82, 2.24) is 0 Å². The molecule has 1 unspecified atom stereocenters. The maximum Gasteiger partial charge on any atom is 0.222 e. The minimum Gasteiger partial charge on any atom is -0.496 e. The number of aryl methyl sites for hydroxylation is 1. The van der Waals surface area contributed by atoms with E-state index < -0.39 is 18.0 Å². The number of fused-ring (bicyclic) bond motifs is 1. The van der Waals surface area contributed by atoms with Gasteiger partial charge in [-0.15, -0.1) is 11.3 Å². The second-order valence-electron chi connectivity index (χ2n) is 11.5. The van der Waals surface area contributed by atoms with Crippen molar-refractivity contribution in [3.8, 4) is 5.75 Å². The largest absolute Gasteiger partial charge is 0.496 e. The Balaban J connectivity index is 1.38. The van der Waals surface area contributed by atoms with E-state index in [1.54, 1.807) is 18.4 Å². The molecule has 0 aliphatic carbocycles. The number of methoxy groups -OCH3 is 1. The molecule has 4 atom stereocenters. The highest BCUT2D eigenvalue weighted by Gasteiger charge is 2.52. The predicted molar refractivity (Wildman–Crippen MR) is 176 cm³/mol. The minimum atomic E-state index is -1.74. The number of rotatable bonds is 11. The Morgan fingerprint density at radius 3 is 2.18 bits per heavy atom. The van der Waals surface area contributed by atoms with Crippen molar-refractivity contribution in [2.45, 2.75) is 70.4 Å². The summed E-state index contributed by atoms with van der Waals surface area (Å²) in [6.07, 6.45) is 0.670. The van der Waals surface area contributed by atoms with E-state index in [0.717, 1.165) is 34.4 Å². The van der Waals surface area contributed by atoms with Gasteiger partial charge < -0.3 is 24.1 Å². The van der Waals surface area contributed by atoms with Crippen LogP contribution in [0.2, 0.25) is 0 Å². The quantitative estimate of drug-likeness (QED) is 0.163. The van der Waals surface area contributed by atoms with Crippen LogP contribution in [0.5, 0.6) is 5.75 Å². The van der Waals surface area contributed by atoms with Gasteiger partial charge in [0, 0.05) is 28.0 Å². The van der Waals surface area contributed by atoms with Crippen molar-refractivity contribution in [1.29, 1.82) is 0 Å². The Morgan fingerprint density at radius 2 is 1.52 bits per heavy atom. The lowest BCUT2D eigenvalue weighted by atomic mass is 9.85. The molecule has 0 radical (unpaired) electrons. The molecule has 1 aromatic heterocycles. The van der Waals surface area contributed by atoms with Crippen LogP contribution >= 0.6 is 11.3 Å². The fourth-order valence-corrected chi connectivity index (χ4v) is 7.22. The maximum atomic E-state index is 12.7. The van der Waals surface area contributed by atoms with Crippen LogP contribution in [0.1, 0.15) is 52.5 Å². The van der Waals surface area contributed by atoms with Crippen LogP contribution in [0.25, 0.3) is 10.1 Å². The van der Waals surface area contributed by atoms with E-state index >= 15 is 0 Å². The number of aliphatic hydroxyl groups is 1.